The van der Waals surface area contributed by atoms with E-state index >= 15 is 0 Å². The SMILES string of the molecule is CN1CCCCc2c1[nH+]c1c(c2N)CCCC1. The fraction of sp³-hybridized carbons (Fsp3) is 0.643. The Morgan fingerprint density at radius 1 is 1.00 bits per heavy atom. The number of nitrogens with two attached hydrogens (primary N) is 1. The first-order valence-electron chi connectivity index (χ1n) is 6.84. The molecule has 0 bridgehead atoms. The highest BCUT2D eigenvalue weighted by molar-refractivity contribution is 5.63. The summed E-state index contributed by atoms with van der Waals surface area (Å²) in [6, 6.07) is 0. The van der Waals surface area contributed by atoms with Crippen LogP contribution in [0.2, 0.25) is 0 Å². The van der Waals surface area contributed by atoms with E-state index in [0.717, 1.165) is 25.1 Å². The molecule has 0 saturated heterocycles. The van der Waals surface area contributed by atoms with E-state index < -0.39 is 0 Å². The summed E-state index contributed by atoms with van der Waals surface area (Å²) in [5.41, 5.74) is 11.7. The van der Waals surface area contributed by atoms with Gasteiger partial charge >= 0.3 is 0 Å². The lowest BCUT2D eigenvalue weighted by Gasteiger charge is -2.20. The zero-order chi connectivity index (χ0) is 11.8. The van der Waals surface area contributed by atoms with Gasteiger partial charge < -0.3 is 5.73 Å². The van der Waals surface area contributed by atoms with Crippen molar-refractivity contribution < 1.29 is 4.98 Å². The van der Waals surface area contributed by atoms with Crippen molar-refractivity contribution in [2.45, 2.75) is 44.9 Å². The van der Waals surface area contributed by atoms with Gasteiger partial charge in [0.15, 0.2) is 0 Å². The van der Waals surface area contributed by atoms with E-state index in [0.29, 0.717) is 0 Å². The van der Waals surface area contributed by atoms with Crippen LogP contribution < -0.4 is 15.6 Å². The van der Waals surface area contributed by atoms with E-state index in [1.165, 1.54) is 54.7 Å². The van der Waals surface area contributed by atoms with Gasteiger partial charge in [-0.3, -0.25) is 4.90 Å². The zero-order valence-corrected chi connectivity index (χ0v) is 10.7. The number of aromatic amines is 1. The van der Waals surface area contributed by atoms with Crippen LogP contribution in [0, 0.1) is 0 Å². The van der Waals surface area contributed by atoms with Crippen molar-refractivity contribution in [3.05, 3.63) is 16.8 Å². The third-order valence-electron chi connectivity index (χ3n) is 4.23. The van der Waals surface area contributed by atoms with Crippen molar-refractivity contribution in [1.29, 1.82) is 0 Å². The van der Waals surface area contributed by atoms with Crippen molar-refractivity contribution in [2.75, 3.05) is 24.2 Å². The Morgan fingerprint density at radius 3 is 2.59 bits per heavy atom. The van der Waals surface area contributed by atoms with E-state index in [9.17, 15) is 0 Å². The smallest absolute Gasteiger partial charge is 0.279 e. The number of nitrogen functional groups attached to an aromatic ring is 1. The summed E-state index contributed by atoms with van der Waals surface area (Å²) in [6.07, 6.45) is 8.58. The Kier molecular flexibility index (Phi) is 2.69. The maximum atomic E-state index is 6.41. The van der Waals surface area contributed by atoms with Gasteiger partial charge in [-0.2, -0.15) is 0 Å². The third kappa shape index (κ3) is 1.78. The average Bonchev–Trinajstić information content (AvgIpc) is 2.53. The third-order valence-corrected chi connectivity index (χ3v) is 4.23. The first-order chi connectivity index (χ1) is 8.27. The van der Waals surface area contributed by atoms with E-state index in [-0.39, 0.29) is 0 Å². The molecule has 0 radical (unpaired) electrons. The summed E-state index contributed by atoms with van der Waals surface area (Å²) in [5, 5.41) is 0. The van der Waals surface area contributed by atoms with Gasteiger partial charge in [-0.05, 0) is 38.5 Å². The Bertz CT molecular complexity index is 440. The Hall–Kier alpha value is -1.25. The van der Waals surface area contributed by atoms with E-state index in [1.54, 1.807) is 0 Å². The molecule has 0 saturated carbocycles. The largest absolute Gasteiger partial charge is 0.398 e. The average molecular weight is 232 g/mol. The summed E-state index contributed by atoms with van der Waals surface area (Å²) >= 11 is 0. The lowest BCUT2D eigenvalue weighted by atomic mass is 9.92. The number of fused-ring (bicyclic) bond motifs is 2. The van der Waals surface area contributed by atoms with Crippen molar-refractivity contribution in [3.63, 3.8) is 0 Å². The summed E-state index contributed by atoms with van der Waals surface area (Å²) in [5.74, 6) is 1.28. The zero-order valence-electron chi connectivity index (χ0n) is 10.7. The molecule has 1 aromatic heterocycles. The molecule has 17 heavy (non-hydrogen) atoms. The summed E-state index contributed by atoms with van der Waals surface area (Å²) in [6.45, 7) is 1.14. The Morgan fingerprint density at radius 2 is 1.71 bits per heavy atom. The number of H-pyrrole nitrogens is 1. The highest BCUT2D eigenvalue weighted by Gasteiger charge is 2.27. The van der Waals surface area contributed by atoms with Crippen LogP contribution in [0.5, 0.6) is 0 Å². The lowest BCUT2D eigenvalue weighted by molar-refractivity contribution is -0.378. The Balaban J connectivity index is 2.15. The molecule has 0 fully saturated rings. The standard InChI is InChI=1S/C14H21N3/c1-17-9-5-4-7-11-13(15)10-6-2-3-8-12(10)16-14(11)17/h2-9H2,1H3,(H2,15,16)/p+1. The number of hydrogen-bond donors (Lipinski definition) is 1. The van der Waals surface area contributed by atoms with Crippen LogP contribution in [-0.4, -0.2) is 13.6 Å². The van der Waals surface area contributed by atoms with Gasteiger partial charge in [0, 0.05) is 12.0 Å². The van der Waals surface area contributed by atoms with E-state index in [1.807, 2.05) is 0 Å². The molecule has 3 heteroatoms. The highest BCUT2D eigenvalue weighted by Crippen LogP contribution is 2.32. The fourth-order valence-electron chi connectivity index (χ4n) is 3.21. The van der Waals surface area contributed by atoms with Crippen LogP contribution in [0.1, 0.15) is 42.5 Å². The van der Waals surface area contributed by atoms with Gasteiger partial charge in [-0.25, -0.2) is 4.98 Å². The van der Waals surface area contributed by atoms with Crippen LogP contribution in [0.4, 0.5) is 11.5 Å². The summed E-state index contributed by atoms with van der Waals surface area (Å²) < 4.78 is 0. The monoisotopic (exact) mass is 232 g/mol. The molecule has 3 rings (SSSR count). The van der Waals surface area contributed by atoms with Gasteiger partial charge in [0.25, 0.3) is 5.82 Å². The minimum absolute atomic E-state index is 1.09. The molecule has 0 spiro atoms. The molecule has 1 aliphatic carbocycles. The van der Waals surface area contributed by atoms with Gasteiger partial charge in [-0.1, -0.05) is 0 Å². The lowest BCUT2D eigenvalue weighted by Crippen LogP contribution is -2.31. The fourth-order valence-corrected chi connectivity index (χ4v) is 3.21. The maximum Gasteiger partial charge on any atom is 0.279 e. The second kappa shape index (κ2) is 4.21. The van der Waals surface area contributed by atoms with Crippen LogP contribution >= 0.6 is 0 Å². The van der Waals surface area contributed by atoms with Crippen molar-refractivity contribution in [1.82, 2.24) is 0 Å². The maximum absolute atomic E-state index is 6.41. The van der Waals surface area contributed by atoms with Crippen LogP contribution in [0.25, 0.3) is 0 Å². The summed E-state index contributed by atoms with van der Waals surface area (Å²) in [4.78, 5) is 6.00. The van der Waals surface area contributed by atoms with Crippen LogP contribution in [0.3, 0.4) is 0 Å². The van der Waals surface area contributed by atoms with Gasteiger partial charge in [0.1, 0.15) is 5.69 Å². The van der Waals surface area contributed by atoms with Gasteiger partial charge in [0.05, 0.1) is 24.8 Å². The van der Waals surface area contributed by atoms with E-state index in [2.05, 4.69) is 16.9 Å². The molecule has 1 aliphatic heterocycles. The molecule has 1 aromatic rings. The first-order valence-corrected chi connectivity index (χ1v) is 6.84. The topological polar surface area (TPSA) is 43.4 Å². The number of nitrogens with zero attached hydrogens (tertiary/aromatic N) is 1. The number of hydrogen-bond acceptors (Lipinski definition) is 2. The number of aromatic nitrogens is 1. The quantitative estimate of drug-likeness (QED) is 0.740. The van der Waals surface area contributed by atoms with Crippen molar-refractivity contribution >= 4 is 11.5 Å². The molecule has 2 aliphatic rings. The molecular formula is C14H22N3+. The molecule has 0 amide bonds. The van der Waals surface area contributed by atoms with Gasteiger partial charge in [-0.15, -0.1) is 0 Å². The molecule has 92 valence electrons. The van der Waals surface area contributed by atoms with Crippen LogP contribution in [-0.2, 0) is 19.3 Å². The molecular weight excluding hydrogens is 210 g/mol. The number of pyridine rings is 1. The molecule has 3 N–H and O–H groups in total. The molecule has 3 nitrogen and oxygen atoms in total. The van der Waals surface area contributed by atoms with E-state index in [4.69, 9.17) is 5.73 Å². The normalized spacial score (nSPS) is 19.5. The van der Waals surface area contributed by atoms with Crippen molar-refractivity contribution in [3.8, 4) is 0 Å². The molecule has 0 unspecified atom stereocenters. The first kappa shape index (κ1) is 10.9. The predicted octanol–water partition coefficient (Wildman–Crippen LogP) is 1.73. The minimum Gasteiger partial charge on any atom is -0.398 e. The number of rotatable bonds is 0. The highest BCUT2D eigenvalue weighted by atomic mass is 15.2. The van der Waals surface area contributed by atoms with Gasteiger partial charge in [0.2, 0.25) is 0 Å². The second-order valence-electron chi connectivity index (χ2n) is 5.41. The van der Waals surface area contributed by atoms with Crippen LogP contribution in [0.15, 0.2) is 0 Å². The van der Waals surface area contributed by atoms with Crippen molar-refractivity contribution in [2.24, 2.45) is 0 Å². The second-order valence-corrected chi connectivity index (χ2v) is 5.41. The number of aryl methyl sites for hydroxylation is 1. The molecule has 0 aromatic carbocycles. The minimum atomic E-state index is 1.09. The Labute approximate surface area is 103 Å². The predicted molar refractivity (Wildman–Crippen MR) is 70.3 cm³/mol. The number of nitrogens with one attached hydrogen (secondary N) is 1. The summed E-state index contributed by atoms with van der Waals surface area (Å²) in [7, 11) is 2.18. The number of anilines is 2. The molecule has 0 atom stereocenters. The molecule has 2 heterocycles.